The Hall–Kier alpha value is -1.88. The van der Waals surface area contributed by atoms with Crippen LogP contribution in [0.3, 0.4) is 0 Å². The van der Waals surface area contributed by atoms with Crippen LogP contribution in [0.4, 0.5) is 10.1 Å². The molecule has 1 heterocycles. The first-order valence-corrected chi connectivity index (χ1v) is 7.84. The maximum Gasteiger partial charge on any atom is 0.248 e. The van der Waals surface area contributed by atoms with Crippen molar-refractivity contribution in [2.24, 2.45) is 11.7 Å². The molecule has 3 nitrogen and oxygen atoms in total. The van der Waals surface area contributed by atoms with Crippen LogP contribution in [-0.2, 0) is 0 Å². The minimum atomic E-state index is -0.615. The van der Waals surface area contributed by atoms with Crippen LogP contribution >= 0.6 is 11.3 Å². The topological polar surface area (TPSA) is 55.1 Å². The molecule has 1 aliphatic rings. The Kier molecular flexibility index (Phi) is 3.68. The number of primary amides is 1. The molecule has 0 radical (unpaired) electrons. The van der Waals surface area contributed by atoms with Crippen molar-refractivity contribution < 1.29 is 9.18 Å². The lowest BCUT2D eigenvalue weighted by molar-refractivity contribution is 0.1000. The Morgan fingerprint density at radius 2 is 2.24 bits per heavy atom. The van der Waals surface area contributed by atoms with Crippen LogP contribution in [0.5, 0.6) is 0 Å². The summed E-state index contributed by atoms with van der Waals surface area (Å²) in [6, 6.07) is 7.12. The molecule has 1 saturated carbocycles. The predicted octanol–water partition coefficient (Wildman–Crippen LogP) is 3.86. The average Bonchev–Trinajstić information content (AvgIpc) is 3.14. The van der Waals surface area contributed by atoms with Crippen LogP contribution in [0.1, 0.15) is 39.7 Å². The zero-order valence-corrected chi connectivity index (χ0v) is 12.5. The van der Waals surface area contributed by atoms with Gasteiger partial charge in [0.2, 0.25) is 5.91 Å². The molecular formula is C16H17FN2OS. The second-order valence-electron chi connectivity index (χ2n) is 5.47. The smallest absolute Gasteiger partial charge is 0.248 e. The van der Waals surface area contributed by atoms with E-state index in [9.17, 15) is 9.18 Å². The molecule has 1 unspecified atom stereocenters. The summed E-state index contributed by atoms with van der Waals surface area (Å²) in [5.41, 5.74) is 6.63. The van der Waals surface area contributed by atoms with Crippen LogP contribution in [-0.4, -0.2) is 5.91 Å². The number of carbonyl (C=O) groups excluding carboxylic acids is 1. The normalized spacial score (nSPS) is 15.7. The van der Waals surface area contributed by atoms with E-state index in [4.69, 9.17) is 5.73 Å². The molecule has 2 aromatic rings. The Morgan fingerprint density at radius 1 is 1.48 bits per heavy atom. The third kappa shape index (κ3) is 2.93. The highest BCUT2D eigenvalue weighted by molar-refractivity contribution is 7.10. The second kappa shape index (κ2) is 5.48. The fraction of sp³-hybridized carbons (Fsp3) is 0.312. The molecule has 0 saturated heterocycles. The molecule has 0 aliphatic heterocycles. The number of nitrogens with two attached hydrogens (primary N) is 1. The van der Waals surface area contributed by atoms with E-state index < -0.39 is 11.7 Å². The van der Waals surface area contributed by atoms with Crippen molar-refractivity contribution in [1.82, 2.24) is 0 Å². The zero-order chi connectivity index (χ0) is 15.0. The van der Waals surface area contributed by atoms with Gasteiger partial charge in [-0.25, -0.2) is 4.39 Å². The van der Waals surface area contributed by atoms with Gasteiger partial charge in [-0.3, -0.25) is 4.79 Å². The van der Waals surface area contributed by atoms with Gasteiger partial charge in [0.15, 0.2) is 0 Å². The van der Waals surface area contributed by atoms with Crippen molar-refractivity contribution in [2.75, 3.05) is 5.32 Å². The van der Waals surface area contributed by atoms with Gasteiger partial charge in [-0.05, 0) is 49.3 Å². The molecule has 0 bridgehead atoms. The van der Waals surface area contributed by atoms with Gasteiger partial charge in [-0.1, -0.05) is 6.07 Å². The number of rotatable bonds is 5. The number of halogens is 1. The number of hydrogen-bond acceptors (Lipinski definition) is 3. The van der Waals surface area contributed by atoms with Gasteiger partial charge < -0.3 is 11.1 Å². The maximum absolute atomic E-state index is 14.0. The zero-order valence-electron chi connectivity index (χ0n) is 11.7. The number of anilines is 1. The highest BCUT2D eigenvalue weighted by atomic mass is 32.1. The van der Waals surface area contributed by atoms with Gasteiger partial charge in [0.05, 0.1) is 6.04 Å². The quantitative estimate of drug-likeness (QED) is 0.881. The molecule has 1 amide bonds. The maximum atomic E-state index is 14.0. The molecular weight excluding hydrogens is 287 g/mol. The van der Waals surface area contributed by atoms with Crippen molar-refractivity contribution in [3.05, 3.63) is 51.5 Å². The van der Waals surface area contributed by atoms with Gasteiger partial charge in [0, 0.05) is 21.7 Å². The summed E-state index contributed by atoms with van der Waals surface area (Å²) in [5, 5.41) is 5.45. The summed E-state index contributed by atoms with van der Waals surface area (Å²) in [4.78, 5) is 12.5. The van der Waals surface area contributed by atoms with Gasteiger partial charge in [0.1, 0.15) is 5.82 Å². The highest BCUT2D eigenvalue weighted by Crippen LogP contribution is 2.44. The van der Waals surface area contributed by atoms with Gasteiger partial charge >= 0.3 is 0 Å². The van der Waals surface area contributed by atoms with Crippen molar-refractivity contribution in [3.63, 3.8) is 0 Å². The fourth-order valence-electron chi connectivity index (χ4n) is 2.46. The molecule has 1 fully saturated rings. The molecule has 0 spiro atoms. The largest absolute Gasteiger partial charge is 0.377 e. The molecule has 3 rings (SSSR count). The minimum Gasteiger partial charge on any atom is -0.377 e. The first-order valence-electron chi connectivity index (χ1n) is 6.96. The van der Waals surface area contributed by atoms with E-state index in [0.717, 1.165) is 0 Å². The lowest BCUT2D eigenvalue weighted by Gasteiger charge is -2.20. The Morgan fingerprint density at radius 3 is 2.81 bits per heavy atom. The summed E-state index contributed by atoms with van der Waals surface area (Å²) in [5.74, 6) is -0.450. The number of benzene rings is 1. The van der Waals surface area contributed by atoms with Crippen molar-refractivity contribution in [1.29, 1.82) is 0 Å². The number of nitrogens with one attached hydrogen (secondary N) is 1. The van der Waals surface area contributed by atoms with Crippen molar-refractivity contribution >= 4 is 22.9 Å². The minimum absolute atomic E-state index is 0.172. The molecule has 21 heavy (non-hydrogen) atoms. The fourth-order valence-corrected chi connectivity index (χ4v) is 3.33. The van der Waals surface area contributed by atoms with Crippen LogP contribution < -0.4 is 11.1 Å². The van der Waals surface area contributed by atoms with E-state index in [1.165, 1.54) is 23.8 Å². The monoisotopic (exact) mass is 304 g/mol. The molecule has 1 aromatic heterocycles. The third-order valence-electron chi connectivity index (χ3n) is 3.88. The van der Waals surface area contributed by atoms with E-state index in [2.05, 4.69) is 11.4 Å². The highest BCUT2D eigenvalue weighted by Gasteiger charge is 2.33. The van der Waals surface area contributed by atoms with Crippen LogP contribution in [0, 0.1) is 18.7 Å². The van der Waals surface area contributed by atoms with Crippen LogP contribution in [0.2, 0.25) is 0 Å². The first kappa shape index (κ1) is 14.1. The molecule has 3 N–H and O–H groups in total. The van der Waals surface area contributed by atoms with E-state index in [1.807, 2.05) is 11.4 Å². The van der Waals surface area contributed by atoms with E-state index in [1.54, 1.807) is 24.3 Å². The summed E-state index contributed by atoms with van der Waals surface area (Å²) < 4.78 is 14.0. The third-order valence-corrected chi connectivity index (χ3v) is 4.84. The number of hydrogen-bond donors (Lipinski definition) is 2. The van der Waals surface area contributed by atoms with E-state index in [-0.39, 0.29) is 11.6 Å². The summed E-state index contributed by atoms with van der Waals surface area (Å²) in [6.45, 7) is 1.71. The molecule has 1 atom stereocenters. The first-order chi connectivity index (χ1) is 10.1. The molecule has 1 aromatic carbocycles. The summed E-state index contributed by atoms with van der Waals surface area (Å²) in [6.07, 6.45) is 2.35. The lowest BCUT2D eigenvalue weighted by atomic mass is 10.1. The number of thiophene rings is 1. The molecule has 1 aliphatic carbocycles. The van der Waals surface area contributed by atoms with Gasteiger partial charge in [-0.15, -0.1) is 11.3 Å². The van der Waals surface area contributed by atoms with E-state index >= 15 is 0 Å². The van der Waals surface area contributed by atoms with E-state index in [0.29, 0.717) is 17.2 Å². The Balaban J connectivity index is 1.94. The number of carbonyl (C=O) groups is 1. The van der Waals surface area contributed by atoms with Crippen LogP contribution in [0.25, 0.3) is 0 Å². The lowest BCUT2D eigenvalue weighted by Crippen LogP contribution is -2.16. The van der Waals surface area contributed by atoms with Gasteiger partial charge in [-0.2, -0.15) is 0 Å². The average molecular weight is 304 g/mol. The predicted molar refractivity (Wildman–Crippen MR) is 83.1 cm³/mol. The van der Waals surface area contributed by atoms with Crippen molar-refractivity contribution in [2.45, 2.75) is 25.8 Å². The Bertz CT molecular complexity index is 665. The standard InChI is InChI=1S/C16H17FN2OS/c1-9-12(17)7-11(16(18)20)8-13(9)19-15(10-4-5-10)14-3-2-6-21-14/h2-3,6-8,10,15,19H,4-5H2,1H3,(H2,18,20). The van der Waals surface area contributed by atoms with Crippen molar-refractivity contribution in [3.8, 4) is 0 Å². The summed E-state index contributed by atoms with van der Waals surface area (Å²) in [7, 11) is 0. The Labute approximate surface area is 127 Å². The SMILES string of the molecule is Cc1c(F)cc(C(N)=O)cc1NC(c1cccs1)C1CC1. The second-order valence-corrected chi connectivity index (χ2v) is 6.45. The number of amides is 1. The van der Waals surface area contributed by atoms with Gasteiger partial charge in [0.25, 0.3) is 0 Å². The molecule has 110 valence electrons. The molecule has 5 heteroatoms. The summed E-state index contributed by atoms with van der Waals surface area (Å²) >= 11 is 1.69. The van der Waals surface area contributed by atoms with Crippen LogP contribution in [0.15, 0.2) is 29.6 Å².